The van der Waals surface area contributed by atoms with Crippen LogP contribution in [0.4, 0.5) is 0 Å². The summed E-state index contributed by atoms with van der Waals surface area (Å²) in [7, 11) is 0. The van der Waals surface area contributed by atoms with Crippen LogP contribution in [0.1, 0.15) is 23.4 Å². The molecule has 144 valence electrons. The van der Waals surface area contributed by atoms with Crippen LogP contribution in [0, 0.1) is 0 Å². The summed E-state index contributed by atoms with van der Waals surface area (Å²) in [6.45, 7) is 1.03. The minimum atomic E-state index is -0.312. The Morgan fingerprint density at radius 2 is 1.93 bits per heavy atom. The van der Waals surface area contributed by atoms with Crippen LogP contribution in [-0.4, -0.2) is 45.4 Å². The minimum Gasteiger partial charge on any atom is -0.459 e. The second-order valence-corrected chi connectivity index (χ2v) is 6.78. The molecule has 4 rings (SSSR count). The van der Waals surface area contributed by atoms with Crippen molar-refractivity contribution >= 4 is 22.8 Å². The Morgan fingerprint density at radius 3 is 2.68 bits per heavy atom. The molecule has 0 saturated carbocycles. The van der Waals surface area contributed by atoms with E-state index >= 15 is 0 Å². The number of furan rings is 1. The number of rotatable bonds is 4. The quantitative estimate of drug-likeness (QED) is 0.738. The maximum Gasteiger partial charge on any atom is 0.289 e. The molecule has 0 atom stereocenters. The molecule has 0 unspecified atom stereocenters. The van der Waals surface area contributed by atoms with Crippen molar-refractivity contribution < 1.29 is 14.0 Å². The number of piperidine rings is 1. The highest BCUT2D eigenvalue weighted by Gasteiger charge is 2.26. The monoisotopic (exact) mass is 380 g/mol. The van der Waals surface area contributed by atoms with E-state index in [0.29, 0.717) is 42.7 Å². The van der Waals surface area contributed by atoms with Crippen molar-refractivity contribution in [2.45, 2.75) is 25.4 Å². The number of fused-ring (bicyclic) bond motifs is 1. The molecule has 8 nitrogen and oxygen atoms in total. The van der Waals surface area contributed by atoms with Crippen LogP contribution < -0.4 is 10.9 Å². The number of amides is 2. The van der Waals surface area contributed by atoms with E-state index in [4.69, 9.17) is 4.42 Å². The van der Waals surface area contributed by atoms with E-state index in [-0.39, 0.29) is 30.0 Å². The molecule has 3 aromatic rings. The van der Waals surface area contributed by atoms with Crippen LogP contribution in [0.3, 0.4) is 0 Å². The van der Waals surface area contributed by atoms with Crippen molar-refractivity contribution in [3.05, 3.63) is 65.0 Å². The van der Waals surface area contributed by atoms with Crippen molar-refractivity contribution in [1.29, 1.82) is 0 Å². The summed E-state index contributed by atoms with van der Waals surface area (Å²) in [6.07, 6.45) is 4.02. The van der Waals surface area contributed by atoms with Gasteiger partial charge in [-0.1, -0.05) is 12.1 Å². The van der Waals surface area contributed by atoms with Crippen molar-refractivity contribution in [2.24, 2.45) is 0 Å². The van der Waals surface area contributed by atoms with Gasteiger partial charge in [-0.3, -0.25) is 19.0 Å². The third-order valence-electron chi connectivity index (χ3n) is 4.93. The van der Waals surface area contributed by atoms with Gasteiger partial charge in [0.1, 0.15) is 6.54 Å². The second-order valence-electron chi connectivity index (χ2n) is 6.78. The number of likely N-dealkylation sites (tertiary alicyclic amines) is 1. The number of hydrogen-bond donors (Lipinski definition) is 1. The number of benzene rings is 1. The summed E-state index contributed by atoms with van der Waals surface area (Å²) in [5.74, 6) is -0.0368. The van der Waals surface area contributed by atoms with E-state index < -0.39 is 0 Å². The van der Waals surface area contributed by atoms with Crippen LogP contribution in [0.15, 0.2) is 58.1 Å². The molecule has 0 bridgehead atoms. The van der Waals surface area contributed by atoms with E-state index in [1.54, 1.807) is 29.2 Å². The van der Waals surface area contributed by atoms with Crippen molar-refractivity contribution in [2.75, 3.05) is 13.1 Å². The summed E-state index contributed by atoms with van der Waals surface area (Å²) in [5, 5.41) is 2.97. The molecule has 1 N–H and O–H groups in total. The molecule has 0 radical (unpaired) electrons. The van der Waals surface area contributed by atoms with E-state index in [2.05, 4.69) is 10.3 Å². The lowest BCUT2D eigenvalue weighted by Gasteiger charge is -2.32. The number of nitrogens with zero attached hydrogens (tertiary/aromatic N) is 3. The summed E-state index contributed by atoms with van der Waals surface area (Å²) in [5.41, 5.74) is 0.983. The van der Waals surface area contributed by atoms with Crippen molar-refractivity contribution in [1.82, 2.24) is 19.8 Å². The van der Waals surface area contributed by atoms with E-state index in [0.717, 1.165) is 0 Å². The fourth-order valence-corrected chi connectivity index (χ4v) is 3.48. The Labute approximate surface area is 160 Å². The first-order chi connectivity index (χ1) is 13.6. The lowest BCUT2D eigenvalue weighted by Crippen LogP contribution is -2.47. The van der Waals surface area contributed by atoms with Gasteiger partial charge >= 0.3 is 0 Å². The predicted molar refractivity (Wildman–Crippen MR) is 102 cm³/mol. The molecular formula is C20H20N4O4. The van der Waals surface area contributed by atoms with Crippen molar-refractivity contribution in [3.63, 3.8) is 0 Å². The van der Waals surface area contributed by atoms with Gasteiger partial charge in [-0.05, 0) is 37.1 Å². The molecule has 1 aliphatic heterocycles. The van der Waals surface area contributed by atoms with Gasteiger partial charge in [-0.15, -0.1) is 0 Å². The van der Waals surface area contributed by atoms with Crippen molar-refractivity contribution in [3.8, 4) is 0 Å². The molecule has 2 amide bonds. The fourth-order valence-electron chi connectivity index (χ4n) is 3.48. The van der Waals surface area contributed by atoms with Gasteiger partial charge in [0.05, 0.1) is 23.5 Å². The average molecular weight is 380 g/mol. The Morgan fingerprint density at radius 1 is 1.14 bits per heavy atom. The molecule has 1 aliphatic rings. The molecule has 3 heterocycles. The Hall–Kier alpha value is -3.42. The van der Waals surface area contributed by atoms with Gasteiger partial charge in [0.2, 0.25) is 5.91 Å². The third kappa shape index (κ3) is 3.66. The highest BCUT2D eigenvalue weighted by atomic mass is 16.3. The topological polar surface area (TPSA) is 97.4 Å². The molecule has 1 aromatic carbocycles. The van der Waals surface area contributed by atoms with Gasteiger partial charge in [0.25, 0.3) is 11.5 Å². The molecule has 8 heteroatoms. The molecule has 0 spiro atoms. The summed E-state index contributed by atoms with van der Waals surface area (Å²) < 4.78 is 6.58. The Bertz CT molecular complexity index is 1050. The lowest BCUT2D eigenvalue weighted by molar-refractivity contribution is -0.122. The first kappa shape index (κ1) is 18.0. The van der Waals surface area contributed by atoms with E-state index in [1.807, 2.05) is 12.1 Å². The lowest BCUT2D eigenvalue weighted by atomic mass is 10.0. The zero-order valence-electron chi connectivity index (χ0n) is 15.2. The number of carbonyl (C=O) groups is 2. The van der Waals surface area contributed by atoms with Crippen LogP contribution in [-0.2, 0) is 11.3 Å². The molecule has 1 fully saturated rings. The zero-order valence-corrected chi connectivity index (χ0v) is 15.2. The predicted octanol–water partition coefficient (Wildman–Crippen LogP) is 1.41. The molecule has 28 heavy (non-hydrogen) atoms. The molecular weight excluding hydrogens is 360 g/mol. The largest absolute Gasteiger partial charge is 0.459 e. The third-order valence-corrected chi connectivity index (χ3v) is 4.93. The fraction of sp³-hybridized carbons (Fsp3) is 0.300. The second kappa shape index (κ2) is 7.67. The van der Waals surface area contributed by atoms with Gasteiger partial charge in [0, 0.05) is 19.1 Å². The average Bonchev–Trinajstić information content (AvgIpc) is 3.25. The molecule has 2 aromatic heterocycles. The number of aromatic nitrogens is 2. The normalized spacial score (nSPS) is 14.9. The van der Waals surface area contributed by atoms with Gasteiger partial charge in [0.15, 0.2) is 5.76 Å². The number of hydrogen-bond acceptors (Lipinski definition) is 5. The van der Waals surface area contributed by atoms with E-state index in [1.165, 1.54) is 17.0 Å². The summed E-state index contributed by atoms with van der Waals surface area (Å²) >= 11 is 0. The molecule has 1 saturated heterocycles. The highest BCUT2D eigenvalue weighted by Crippen LogP contribution is 2.15. The zero-order chi connectivity index (χ0) is 19.5. The standard InChI is InChI=1S/C20H20N4O4/c25-18(13-24-16-5-2-1-4-15(16)21-12-19(24)26)22-14-7-9-23(10-8-14)20(27)17-6-3-11-28-17/h1-6,11-12,14H,7-10,13H2,(H,22,25). The number of nitrogens with one attached hydrogen (secondary N) is 1. The minimum absolute atomic E-state index is 0.0306. The van der Waals surface area contributed by atoms with Crippen LogP contribution >= 0.6 is 0 Å². The van der Waals surface area contributed by atoms with Gasteiger partial charge in [-0.25, -0.2) is 4.98 Å². The number of para-hydroxylation sites is 2. The van der Waals surface area contributed by atoms with Crippen LogP contribution in [0.25, 0.3) is 11.0 Å². The maximum absolute atomic E-state index is 12.5. The van der Waals surface area contributed by atoms with Gasteiger partial charge in [-0.2, -0.15) is 0 Å². The van der Waals surface area contributed by atoms with Crippen LogP contribution in [0.2, 0.25) is 0 Å². The van der Waals surface area contributed by atoms with Gasteiger partial charge < -0.3 is 14.6 Å². The first-order valence-electron chi connectivity index (χ1n) is 9.18. The Kier molecular flexibility index (Phi) is 4.92. The maximum atomic E-state index is 12.5. The summed E-state index contributed by atoms with van der Waals surface area (Å²) in [4.78, 5) is 42.8. The van der Waals surface area contributed by atoms with E-state index in [9.17, 15) is 14.4 Å². The molecule has 0 aliphatic carbocycles. The smallest absolute Gasteiger partial charge is 0.289 e. The highest BCUT2D eigenvalue weighted by molar-refractivity contribution is 5.91. The SMILES string of the molecule is O=C(Cn1c(=O)cnc2ccccc21)NC1CCN(C(=O)c2ccco2)CC1. The number of carbonyl (C=O) groups excluding carboxylic acids is 2. The Balaban J connectivity index is 1.36. The first-order valence-corrected chi connectivity index (χ1v) is 9.18. The van der Waals surface area contributed by atoms with Crippen LogP contribution in [0.5, 0.6) is 0 Å². The summed E-state index contributed by atoms with van der Waals surface area (Å²) in [6, 6.07) is 10.5.